The predicted octanol–water partition coefficient (Wildman–Crippen LogP) is 0.359. The number of thioether (sulfide) groups is 1. The van der Waals surface area contributed by atoms with E-state index in [-0.39, 0.29) is 12.0 Å². The van der Waals surface area contributed by atoms with Gasteiger partial charge >= 0.3 is 5.97 Å². The van der Waals surface area contributed by atoms with E-state index in [0.29, 0.717) is 17.3 Å². The van der Waals surface area contributed by atoms with Crippen LogP contribution in [0.5, 0.6) is 0 Å². The zero-order valence-corrected chi connectivity index (χ0v) is 13.2. The second kappa shape index (κ2) is 6.22. The standard InChI is InChI=1S/C14H25N3O2S/c1-16-9-15-11-6-12(14(18)19-2)17(8-13(11)16)7-10-4-3-5-20-10/h10-13,15H,3-9H2,1-2H3/t10?,11?,12-,13?/m0/s1. The van der Waals surface area contributed by atoms with E-state index in [0.717, 1.165) is 26.2 Å². The van der Waals surface area contributed by atoms with Crippen LogP contribution in [0.2, 0.25) is 0 Å². The Morgan fingerprint density at radius 2 is 2.35 bits per heavy atom. The molecule has 114 valence electrons. The van der Waals surface area contributed by atoms with Crippen LogP contribution in [0.3, 0.4) is 0 Å². The Kier molecular flexibility index (Phi) is 4.55. The van der Waals surface area contributed by atoms with Crippen LogP contribution in [0.1, 0.15) is 19.3 Å². The molecule has 3 aliphatic heterocycles. The number of hydrogen-bond donors (Lipinski definition) is 1. The number of nitrogens with one attached hydrogen (secondary N) is 1. The number of piperidine rings is 1. The Balaban J connectivity index is 1.70. The van der Waals surface area contributed by atoms with Crippen LogP contribution in [0, 0.1) is 0 Å². The molecule has 0 bridgehead atoms. The van der Waals surface area contributed by atoms with Gasteiger partial charge in [0, 0.05) is 37.1 Å². The lowest BCUT2D eigenvalue weighted by molar-refractivity contribution is -0.149. The van der Waals surface area contributed by atoms with Gasteiger partial charge in [-0.3, -0.25) is 19.9 Å². The molecule has 4 atom stereocenters. The molecule has 20 heavy (non-hydrogen) atoms. The van der Waals surface area contributed by atoms with Gasteiger partial charge in [0.05, 0.1) is 7.11 Å². The van der Waals surface area contributed by atoms with Gasteiger partial charge in [0.1, 0.15) is 6.04 Å². The maximum Gasteiger partial charge on any atom is 0.323 e. The highest BCUT2D eigenvalue weighted by Gasteiger charge is 2.44. The molecule has 0 saturated carbocycles. The maximum absolute atomic E-state index is 12.1. The lowest BCUT2D eigenvalue weighted by atomic mass is 9.93. The molecule has 0 aromatic heterocycles. The third kappa shape index (κ3) is 2.84. The normalized spacial score (nSPS) is 38.9. The van der Waals surface area contributed by atoms with Crippen molar-refractivity contribution >= 4 is 17.7 Å². The summed E-state index contributed by atoms with van der Waals surface area (Å²) < 4.78 is 5.03. The lowest BCUT2D eigenvalue weighted by Gasteiger charge is -2.42. The van der Waals surface area contributed by atoms with E-state index >= 15 is 0 Å². The lowest BCUT2D eigenvalue weighted by Crippen LogP contribution is -2.59. The zero-order valence-electron chi connectivity index (χ0n) is 12.4. The molecule has 0 amide bonds. The van der Waals surface area contributed by atoms with E-state index in [9.17, 15) is 4.79 Å². The minimum absolute atomic E-state index is 0.0669. The number of ether oxygens (including phenoxy) is 1. The Labute approximate surface area is 125 Å². The van der Waals surface area contributed by atoms with E-state index in [1.165, 1.54) is 25.7 Å². The minimum Gasteiger partial charge on any atom is -0.468 e. The van der Waals surface area contributed by atoms with Gasteiger partial charge in [-0.15, -0.1) is 0 Å². The molecule has 0 aromatic carbocycles. The van der Waals surface area contributed by atoms with Gasteiger partial charge in [-0.25, -0.2) is 0 Å². The summed E-state index contributed by atoms with van der Waals surface area (Å²) >= 11 is 2.06. The quantitative estimate of drug-likeness (QED) is 0.759. The average molecular weight is 299 g/mol. The number of rotatable bonds is 3. The molecule has 3 aliphatic rings. The Hall–Kier alpha value is -0.300. The van der Waals surface area contributed by atoms with Crippen LogP contribution >= 0.6 is 11.8 Å². The van der Waals surface area contributed by atoms with Crippen molar-refractivity contribution < 1.29 is 9.53 Å². The van der Waals surface area contributed by atoms with Crippen molar-refractivity contribution in [1.82, 2.24) is 15.1 Å². The van der Waals surface area contributed by atoms with Crippen molar-refractivity contribution in [1.29, 1.82) is 0 Å². The van der Waals surface area contributed by atoms with Crippen LogP contribution in [0.25, 0.3) is 0 Å². The minimum atomic E-state index is -0.0681. The topological polar surface area (TPSA) is 44.8 Å². The molecule has 0 spiro atoms. The van der Waals surface area contributed by atoms with Crippen LogP contribution in [-0.2, 0) is 9.53 Å². The summed E-state index contributed by atoms with van der Waals surface area (Å²) in [6, 6.07) is 0.889. The highest BCUT2D eigenvalue weighted by atomic mass is 32.2. The second-order valence-electron chi connectivity index (χ2n) is 6.16. The highest BCUT2D eigenvalue weighted by Crippen LogP contribution is 2.31. The fourth-order valence-corrected chi connectivity index (χ4v) is 5.02. The van der Waals surface area contributed by atoms with E-state index in [1.807, 2.05) is 0 Å². The summed E-state index contributed by atoms with van der Waals surface area (Å²) in [7, 11) is 3.67. The molecule has 6 heteroatoms. The number of likely N-dealkylation sites (N-methyl/N-ethyl adjacent to an activating group) is 1. The number of esters is 1. The van der Waals surface area contributed by atoms with Crippen LogP contribution in [0.4, 0.5) is 0 Å². The molecule has 3 saturated heterocycles. The molecule has 0 radical (unpaired) electrons. The SMILES string of the molecule is COC(=O)[C@@H]1CC2NCN(C)C2CN1CC1CCCS1. The molecule has 3 unspecified atom stereocenters. The molecule has 3 heterocycles. The summed E-state index contributed by atoms with van der Waals surface area (Å²) in [4.78, 5) is 16.9. The molecule has 1 N–H and O–H groups in total. The first kappa shape index (κ1) is 14.6. The number of carbonyl (C=O) groups excluding carboxylic acids is 1. The first-order chi connectivity index (χ1) is 9.69. The molecule has 0 aromatic rings. The first-order valence-electron chi connectivity index (χ1n) is 7.56. The van der Waals surface area contributed by atoms with Crippen molar-refractivity contribution in [3.05, 3.63) is 0 Å². The van der Waals surface area contributed by atoms with Crippen molar-refractivity contribution in [3.8, 4) is 0 Å². The van der Waals surface area contributed by atoms with Crippen molar-refractivity contribution in [2.75, 3.05) is 39.7 Å². The smallest absolute Gasteiger partial charge is 0.323 e. The second-order valence-corrected chi connectivity index (χ2v) is 7.56. The zero-order chi connectivity index (χ0) is 14.1. The average Bonchev–Trinajstić information content (AvgIpc) is 3.08. The van der Waals surface area contributed by atoms with E-state index in [4.69, 9.17) is 4.74 Å². The number of likely N-dealkylation sites (tertiary alicyclic amines) is 1. The Morgan fingerprint density at radius 3 is 3.05 bits per heavy atom. The van der Waals surface area contributed by atoms with Gasteiger partial charge in [-0.2, -0.15) is 11.8 Å². The Bertz CT molecular complexity index is 362. The highest BCUT2D eigenvalue weighted by molar-refractivity contribution is 8.00. The Morgan fingerprint density at radius 1 is 1.50 bits per heavy atom. The van der Waals surface area contributed by atoms with Gasteiger partial charge in [0.2, 0.25) is 0 Å². The van der Waals surface area contributed by atoms with E-state index < -0.39 is 0 Å². The van der Waals surface area contributed by atoms with E-state index in [2.05, 4.69) is 33.9 Å². The largest absolute Gasteiger partial charge is 0.468 e. The molecule has 3 rings (SSSR count). The van der Waals surface area contributed by atoms with Crippen LogP contribution < -0.4 is 5.32 Å². The third-order valence-electron chi connectivity index (χ3n) is 4.91. The molecule has 0 aliphatic carbocycles. The maximum atomic E-state index is 12.1. The van der Waals surface area contributed by atoms with Gasteiger partial charge in [0.25, 0.3) is 0 Å². The van der Waals surface area contributed by atoms with Gasteiger partial charge < -0.3 is 4.74 Å². The van der Waals surface area contributed by atoms with Gasteiger partial charge in [-0.05, 0) is 32.1 Å². The number of methoxy groups -OCH3 is 1. The summed E-state index contributed by atoms with van der Waals surface area (Å²) in [6.07, 6.45) is 3.48. The van der Waals surface area contributed by atoms with Crippen LogP contribution in [-0.4, -0.2) is 78.8 Å². The predicted molar refractivity (Wildman–Crippen MR) is 80.8 cm³/mol. The first-order valence-corrected chi connectivity index (χ1v) is 8.61. The molecule has 5 nitrogen and oxygen atoms in total. The van der Waals surface area contributed by atoms with E-state index in [1.54, 1.807) is 0 Å². The number of fused-ring (bicyclic) bond motifs is 1. The monoisotopic (exact) mass is 299 g/mol. The van der Waals surface area contributed by atoms with Crippen molar-refractivity contribution in [2.24, 2.45) is 0 Å². The summed E-state index contributed by atoms with van der Waals surface area (Å²) in [6.45, 7) is 2.93. The fourth-order valence-electron chi connectivity index (χ4n) is 3.72. The van der Waals surface area contributed by atoms with Gasteiger partial charge in [0.15, 0.2) is 0 Å². The van der Waals surface area contributed by atoms with Crippen molar-refractivity contribution in [2.45, 2.75) is 42.6 Å². The fraction of sp³-hybridized carbons (Fsp3) is 0.929. The van der Waals surface area contributed by atoms with Gasteiger partial charge in [-0.1, -0.05) is 0 Å². The summed E-state index contributed by atoms with van der Waals surface area (Å²) in [5.74, 6) is 1.21. The summed E-state index contributed by atoms with van der Waals surface area (Å²) in [5.41, 5.74) is 0. The molecular formula is C14H25N3O2S. The molecule has 3 fully saturated rings. The number of hydrogen-bond acceptors (Lipinski definition) is 6. The molecular weight excluding hydrogens is 274 g/mol. The number of carbonyl (C=O) groups is 1. The summed E-state index contributed by atoms with van der Waals surface area (Å²) in [5, 5.41) is 4.21. The van der Waals surface area contributed by atoms with Crippen LogP contribution in [0.15, 0.2) is 0 Å². The third-order valence-corrected chi connectivity index (χ3v) is 6.29. The number of nitrogens with zero attached hydrogens (tertiary/aromatic N) is 2. The van der Waals surface area contributed by atoms with Crippen molar-refractivity contribution in [3.63, 3.8) is 0 Å².